The molecule has 196 valence electrons. The van der Waals surface area contributed by atoms with E-state index < -0.39 is 5.97 Å². The molecular weight excluding hydrogens is 683 g/mol. The standard InChI is InChI=1S/C28H24BrIN2O5S/c1-4-32-26(33)24(38-28(32)31-21-11-7-19(8-12-21)27(34)36-3)15-18-13-22(30)25(23(14-18)35-2)37-16-17-5-9-20(29)10-6-17/h5-15H,4,16H2,1-3H3/b24-15+,31-28?. The van der Waals surface area contributed by atoms with Gasteiger partial charge in [0.15, 0.2) is 16.7 Å². The SMILES string of the molecule is CCN1C(=O)/C(=C\c2cc(I)c(OCc3ccc(Br)cc3)c(OC)c2)SC1=Nc1ccc(C(=O)OC)cc1. The Morgan fingerprint density at radius 3 is 2.45 bits per heavy atom. The van der Waals surface area contributed by atoms with Gasteiger partial charge in [-0.05, 0) is 107 Å². The lowest BCUT2D eigenvalue weighted by Gasteiger charge is -2.14. The van der Waals surface area contributed by atoms with Gasteiger partial charge in [-0.3, -0.25) is 9.69 Å². The second kappa shape index (κ2) is 12.8. The van der Waals surface area contributed by atoms with E-state index in [4.69, 9.17) is 14.2 Å². The number of hydrogen-bond donors (Lipinski definition) is 0. The molecule has 1 fully saturated rings. The summed E-state index contributed by atoms with van der Waals surface area (Å²) in [5.41, 5.74) is 2.93. The predicted molar refractivity (Wildman–Crippen MR) is 162 cm³/mol. The average Bonchev–Trinajstić information content (AvgIpc) is 3.21. The molecule has 0 atom stereocenters. The number of ether oxygens (including phenoxy) is 3. The van der Waals surface area contributed by atoms with E-state index in [0.717, 1.165) is 19.2 Å². The highest BCUT2D eigenvalue weighted by Gasteiger charge is 2.32. The number of methoxy groups -OCH3 is 2. The number of hydrogen-bond acceptors (Lipinski definition) is 7. The second-order valence-corrected chi connectivity index (χ2v) is 11.1. The zero-order valence-corrected chi connectivity index (χ0v) is 25.4. The number of aliphatic imine (C=N–C) groups is 1. The van der Waals surface area contributed by atoms with Crippen LogP contribution in [0.3, 0.4) is 0 Å². The summed E-state index contributed by atoms with van der Waals surface area (Å²) in [5, 5.41) is 0.575. The van der Waals surface area contributed by atoms with E-state index in [0.29, 0.717) is 46.0 Å². The molecule has 1 aliphatic heterocycles. The van der Waals surface area contributed by atoms with Gasteiger partial charge >= 0.3 is 5.97 Å². The molecule has 1 amide bonds. The smallest absolute Gasteiger partial charge is 0.337 e. The van der Waals surface area contributed by atoms with Crippen molar-refractivity contribution in [3.63, 3.8) is 0 Å². The van der Waals surface area contributed by atoms with Crippen molar-refractivity contribution in [1.29, 1.82) is 0 Å². The zero-order chi connectivity index (χ0) is 27.2. The maximum atomic E-state index is 13.1. The fourth-order valence-corrected chi connectivity index (χ4v) is 5.73. The quantitative estimate of drug-likeness (QED) is 0.142. The molecule has 4 rings (SSSR count). The first kappa shape index (κ1) is 28.2. The molecule has 3 aromatic carbocycles. The third kappa shape index (κ3) is 6.59. The Labute approximate surface area is 247 Å². The summed E-state index contributed by atoms with van der Waals surface area (Å²) in [6.45, 7) is 2.78. The van der Waals surface area contributed by atoms with Crippen LogP contribution in [0.2, 0.25) is 0 Å². The van der Waals surface area contributed by atoms with Crippen molar-refractivity contribution in [3.8, 4) is 11.5 Å². The molecule has 1 heterocycles. The van der Waals surface area contributed by atoms with Crippen molar-refractivity contribution in [2.45, 2.75) is 13.5 Å². The van der Waals surface area contributed by atoms with Crippen LogP contribution in [0.1, 0.15) is 28.4 Å². The van der Waals surface area contributed by atoms with Crippen LogP contribution in [0, 0.1) is 3.57 Å². The Morgan fingerprint density at radius 2 is 1.82 bits per heavy atom. The lowest BCUT2D eigenvalue weighted by Crippen LogP contribution is -2.28. The number of thioether (sulfide) groups is 1. The average molecular weight is 707 g/mol. The molecule has 1 saturated heterocycles. The summed E-state index contributed by atoms with van der Waals surface area (Å²) in [6, 6.07) is 18.5. The van der Waals surface area contributed by atoms with Gasteiger partial charge in [0.1, 0.15) is 6.61 Å². The summed E-state index contributed by atoms with van der Waals surface area (Å²) < 4.78 is 18.3. The van der Waals surface area contributed by atoms with Crippen molar-refractivity contribution in [2.24, 2.45) is 4.99 Å². The summed E-state index contributed by atoms with van der Waals surface area (Å²) >= 11 is 6.96. The first-order valence-corrected chi connectivity index (χ1v) is 14.2. The molecule has 0 aliphatic carbocycles. The van der Waals surface area contributed by atoms with Crippen molar-refractivity contribution < 1.29 is 23.8 Å². The highest BCUT2D eigenvalue weighted by atomic mass is 127. The molecule has 10 heteroatoms. The lowest BCUT2D eigenvalue weighted by molar-refractivity contribution is -0.122. The van der Waals surface area contributed by atoms with Gasteiger partial charge < -0.3 is 14.2 Å². The second-order valence-electron chi connectivity index (χ2n) is 8.04. The van der Waals surface area contributed by atoms with E-state index in [2.05, 4.69) is 43.5 Å². The number of esters is 1. The third-order valence-corrected chi connectivity index (χ3v) is 7.90. The Morgan fingerprint density at radius 1 is 1.11 bits per heavy atom. The van der Waals surface area contributed by atoms with Gasteiger partial charge in [0, 0.05) is 11.0 Å². The van der Waals surface area contributed by atoms with Crippen LogP contribution in [0.25, 0.3) is 6.08 Å². The molecule has 0 bridgehead atoms. The number of likely N-dealkylation sites (N-methyl/N-ethyl adjacent to an activating group) is 1. The van der Waals surface area contributed by atoms with E-state index in [1.54, 1.807) is 36.3 Å². The summed E-state index contributed by atoms with van der Waals surface area (Å²) in [7, 11) is 2.94. The topological polar surface area (TPSA) is 77.4 Å². The van der Waals surface area contributed by atoms with Crippen LogP contribution < -0.4 is 9.47 Å². The Kier molecular flexibility index (Phi) is 9.50. The van der Waals surface area contributed by atoms with Crippen LogP contribution in [0.5, 0.6) is 11.5 Å². The number of benzene rings is 3. The largest absolute Gasteiger partial charge is 0.493 e. The normalized spacial score (nSPS) is 15.3. The minimum atomic E-state index is -0.412. The maximum Gasteiger partial charge on any atom is 0.337 e. The van der Waals surface area contributed by atoms with Gasteiger partial charge in [0.2, 0.25) is 0 Å². The molecule has 7 nitrogen and oxygen atoms in total. The Balaban J connectivity index is 1.56. The number of rotatable bonds is 8. The number of nitrogens with zero attached hydrogens (tertiary/aromatic N) is 2. The fraction of sp³-hybridized carbons (Fsp3) is 0.179. The molecule has 0 spiro atoms. The monoisotopic (exact) mass is 706 g/mol. The van der Waals surface area contributed by atoms with Crippen LogP contribution in [-0.2, 0) is 16.1 Å². The molecule has 0 N–H and O–H groups in total. The predicted octanol–water partition coefficient (Wildman–Crippen LogP) is 7.05. The Hall–Kier alpha value is -2.83. The first-order valence-electron chi connectivity index (χ1n) is 11.6. The van der Waals surface area contributed by atoms with Crippen molar-refractivity contribution in [1.82, 2.24) is 4.90 Å². The van der Waals surface area contributed by atoms with Crippen LogP contribution in [-0.4, -0.2) is 42.7 Å². The van der Waals surface area contributed by atoms with Gasteiger partial charge in [0.05, 0.1) is 33.9 Å². The number of amidine groups is 1. The number of amides is 1. The molecule has 0 aromatic heterocycles. The summed E-state index contributed by atoms with van der Waals surface area (Å²) in [5.74, 6) is 0.705. The molecule has 0 saturated carbocycles. The van der Waals surface area contributed by atoms with Crippen molar-refractivity contribution >= 4 is 79.1 Å². The molecule has 3 aromatic rings. The molecule has 0 unspecified atom stereocenters. The third-order valence-electron chi connectivity index (χ3n) is 5.56. The molecular formula is C28H24BrIN2O5S. The van der Waals surface area contributed by atoms with Crippen LogP contribution >= 0.6 is 50.3 Å². The van der Waals surface area contributed by atoms with E-state index in [9.17, 15) is 9.59 Å². The van der Waals surface area contributed by atoms with E-state index in [1.807, 2.05) is 49.4 Å². The van der Waals surface area contributed by atoms with Gasteiger partial charge in [-0.2, -0.15) is 0 Å². The van der Waals surface area contributed by atoms with Gasteiger partial charge in [-0.25, -0.2) is 9.79 Å². The molecule has 1 aliphatic rings. The van der Waals surface area contributed by atoms with Gasteiger partial charge in [0.25, 0.3) is 5.91 Å². The lowest BCUT2D eigenvalue weighted by atomic mass is 10.1. The zero-order valence-electron chi connectivity index (χ0n) is 20.9. The number of halogens is 2. The highest BCUT2D eigenvalue weighted by Crippen LogP contribution is 2.38. The van der Waals surface area contributed by atoms with Crippen molar-refractivity contribution in [2.75, 3.05) is 20.8 Å². The number of carbonyl (C=O) groups is 2. The van der Waals surface area contributed by atoms with Gasteiger partial charge in [-0.15, -0.1) is 0 Å². The summed E-state index contributed by atoms with van der Waals surface area (Å²) in [4.78, 5) is 31.7. The number of carbonyl (C=O) groups excluding carboxylic acids is 2. The minimum absolute atomic E-state index is 0.119. The minimum Gasteiger partial charge on any atom is -0.493 e. The maximum absolute atomic E-state index is 13.1. The fourth-order valence-electron chi connectivity index (χ4n) is 3.62. The molecule has 38 heavy (non-hydrogen) atoms. The summed E-state index contributed by atoms with van der Waals surface area (Å²) in [6.07, 6.45) is 1.84. The molecule has 0 radical (unpaired) electrons. The highest BCUT2D eigenvalue weighted by molar-refractivity contribution is 14.1. The van der Waals surface area contributed by atoms with E-state index >= 15 is 0 Å². The van der Waals surface area contributed by atoms with E-state index in [1.165, 1.54) is 18.9 Å². The Bertz CT molecular complexity index is 1410. The van der Waals surface area contributed by atoms with Crippen LogP contribution in [0.4, 0.5) is 5.69 Å². The van der Waals surface area contributed by atoms with Crippen LogP contribution in [0.15, 0.2) is 75.0 Å². The van der Waals surface area contributed by atoms with Crippen molar-refractivity contribution in [3.05, 3.63) is 90.3 Å². The van der Waals surface area contributed by atoms with Gasteiger partial charge in [-0.1, -0.05) is 28.1 Å². The van der Waals surface area contributed by atoms with E-state index in [-0.39, 0.29) is 5.91 Å². The first-order chi connectivity index (χ1) is 18.3.